The lowest BCUT2D eigenvalue weighted by atomic mass is 10.4. The molecule has 2 N–H and O–H groups in total. The van der Waals surface area contributed by atoms with E-state index in [1.807, 2.05) is 6.92 Å². The Balaban J connectivity index is 2.72. The van der Waals surface area contributed by atoms with Crippen LogP contribution in [-0.4, -0.2) is 21.5 Å². The molecule has 1 aromatic rings. The summed E-state index contributed by atoms with van der Waals surface area (Å²) in [5.41, 5.74) is 0. The van der Waals surface area contributed by atoms with Gasteiger partial charge in [0.05, 0.1) is 6.54 Å². The Morgan fingerprint density at radius 1 is 1.50 bits per heavy atom. The zero-order valence-electron chi connectivity index (χ0n) is 9.19. The Bertz CT molecular complexity index is 437. The van der Waals surface area contributed by atoms with E-state index in [0.717, 1.165) is 6.54 Å². The van der Waals surface area contributed by atoms with E-state index in [0.29, 0.717) is 12.3 Å². The number of sulfonamides is 1. The second kappa shape index (κ2) is 5.83. The molecule has 0 radical (unpaired) electrons. The van der Waals surface area contributed by atoms with Gasteiger partial charge in [-0.1, -0.05) is 13.0 Å². The minimum Gasteiger partial charge on any atom is -0.447 e. The summed E-state index contributed by atoms with van der Waals surface area (Å²) in [7, 11) is -3.54. The molecule has 0 spiro atoms. The fourth-order valence-electron chi connectivity index (χ4n) is 1.09. The monoisotopic (exact) mass is 244 g/mol. The molecule has 0 aliphatic carbocycles. The van der Waals surface area contributed by atoms with Crippen LogP contribution in [0, 0.1) is 0 Å². The molecule has 5 nitrogen and oxygen atoms in total. The van der Waals surface area contributed by atoms with Gasteiger partial charge in [-0.2, -0.15) is 0 Å². The van der Waals surface area contributed by atoms with Gasteiger partial charge >= 0.3 is 0 Å². The molecule has 0 saturated carbocycles. The van der Waals surface area contributed by atoms with Crippen LogP contribution < -0.4 is 10.0 Å². The van der Waals surface area contributed by atoms with E-state index in [1.165, 1.54) is 12.1 Å². The van der Waals surface area contributed by atoms with Gasteiger partial charge in [0.15, 0.2) is 0 Å². The molecule has 6 heteroatoms. The zero-order chi connectivity index (χ0) is 12.0. The van der Waals surface area contributed by atoms with Gasteiger partial charge in [0.25, 0.3) is 10.0 Å². The van der Waals surface area contributed by atoms with Crippen molar-refractivity contribution in [2.75, 3.05) is 13.1 Å². The largest absolute Gasteiger partial charge is 0.447 e. The molecule has 0 amide bonds. The Morgan fingerprint density at radius 2 is 2.25 bits per heavy atom. The molecular formula is C10H16N2O3S. The first-order valence-electron chi connectivity index (χ1n) is 5.00. The molecular weight excluding hydrogens is 228 g/mol. The van der Waals surface area contributed by atoms with Crippen LogP contribution in [0.25, 0.3) is 0 Å². The molecule has 0 saturated heterocycles. The summed E-state index contributed by atoms with van der Waals surface area (Å²) >= 11 is 0. The second-order valence-electron chi connectivity index (χ2n) is 3.14. The lowest BCUT2D eigenvalue weighted by Crippen LogP contribution is -2.23. The van der Waals surface area contributed by atoms with Gasteiger partial charge in [-0.25, -0.2) is 13.1 Å². The molecule has 90 valence electrons. The van der Waals surface area contributed by atoms with Crippen molar-refractivity contribution in [2.45, 2.75) is 18.6 Å². The highest BCUT2D eigenvalue weighted by Crippen LogP contribution is 2.13. The summed E-state index contributed by atoms with van der Waals surface area (Å²) in [6.45, 7) is 6.91. The Labute approximate surface area is 95.6 Å². The molecule has 0 aliphatic heterocycles. The summed E-state index contributed by atoms with van der Waals surface area (Å²) in [4.78, 5) is 0. The second-order valence-corrected chi connectivity index (χ2v) is 4.84. The van der Waals surface area contributed by atoms with Crippen molar-refractivity contribution in [3.63, 3.8) is 0 Å². The molecule has 1 aromatic heterocycles. The smallest absolute Gasteiger partial charge is 0.274 e. The molecule has 0 fully saturated rings. The number of rotatable bonds is 7. The van der Waals surface area contributed by atoms with Crippen LogP contribution in [0.1, 0.15) is 12.7 Å². The van der Waals surface area contributed by atoms with E-state index in [-0.39, 0.29) is 11.6 Å². The van der Waals surface area contributed by atoms with Crippen molar-refractivity contribution in [1.29, 1.82) is 0 Å². The Hall–Kier alpha value is -1.11. The van der Waals surface area contributed by atoms with Gasteiger partial charge in [0, 0.05) is 6.54 Å². The third-order valence-electron chi connectivity index (χ3n) is 1.87. The zero-order valence-corrected chi connectivity index (χ0v) is 10.0. The van der Waals surface area contributed by atoms with Crippen molar-refractivity contribution in [2.24, 2.45) is 0 Å². The van der Waals surface area contributed by atoms with Gasteiger partial charge in [-0.3, -0.25) is 0 Å². The van der Waals surface area contributed by atoms with E-state index >= 15 is 0 Å². The van der Waals surface area contributed by atoms with Gasteiger partial charge in [0.2, 0.25) is 5.09 Å². The predicted octanol–water partition coefficient (Wildman–Crippen LogP) is 0.853. The van der Waals surface area contributed by atoms with Gasteiger partial charge in [-0.05, 0) is 18.7 Å². The summed E-state index contributed by atoms with van der Waals surface area (Å²) < 4.78 is 30.7. The molecule has 0 atom stereocenters. The first-order valence-corrected chi connectivity index (χ1v) is 6.48. The summed E-state index contributed by atoms with van der Waals surface area (Å²) in [5, 5.41) is 2.98. The maximum Gasteiger partial charge on any atom is 0.274 e. The summed E-state index contributed by atoms with van der Waals surface area (Å²) in [5.74, 6) is 0.598. The van der Waals surface area contributed by atoms with Crippen molar-refractivity contribution >= 4 is 10.0 Å². The molecule has 0 aliphatic rings. The SMILES string of the molecule is C=CCNS(=O)(=O)c1ccc(CNCC)o1. The molecule has 0 bridgehead atoms. The van der Waals surface area contributed by atoms with Gasteiger partial charge < -0.3 is 9.73 Å². The van der Waals surface area contributed by atoms with Crippen molar-refractivity contribution in [1.82, 2.24) is 10.0 Å². The number of hydrogen-bond acceptors (Lipinski definition) is 4. The summed E-state index contributed by atoms with van der Waals surface area (Å²) in [6, 6.07) is 3.09. The van der Waals surface area contributed by atoms with Crippen LogP contribution >= 0.6 is 0 Å². The third kappa shape index (κ3) is 3.48. The number of furan rings is 1. The Kier molecular flexibility index (Phi) is 4.72. The molecule has 1 heterocycles. The maximum atomic E-state index is 11.6. The fraction of sp³-hybridized carbons (Fsp3) is 0.400. The quantitative estimate of drug-likeness (QED) is 0.698. The third-order valence-corrected chi connectivity index (χ3v) is 3.16. The average Bonchev–Trinajstić information content (AvgIpc) is 2.73. The van der Waals surface area contributed by atoms with Crippen molar-refractivity contribution in [3.8, 4) is 0 Å². The van der Waals surface area contributed by atoms with Crippen LogP contribution in [0.3, 0.4) is 0 Å². The first kappa shape index (κ1) is 13.0. The highest BCUT2D eigenvalue weighted by molar-refractivity contribution is 7.89. The molecule has 0 aromatic carbocycles. The van der Waals surface area contributed by atoms with E-state index in [9.17, 15) is 8.42 Å². The van der Waals surface area contributed by atoms with Crippen LogP contribution in [0.5, 0.6) is 0 Å². The van der Waals surface area contributed by atoms with Gasteiger partial charge in [0.1, 0.15) is 5.76 Å². The first-order chi connectivity index (χ1) is 7.60. The van der Waals surface area contributed by atoms with Gasteiger partial charge in [-0.15, -0.1) is 6.58 Å². The predicted molar refractivity (Wildman–Crippen MR) is 61.5 cm³/mol. The minimum absolute atomic E-state index is 0.0674. The standard InChI is InChI=1S/C10H16N2O3S/c1-3-7-12-16(13,14)10-6-5-9(15-10)8-11-4-2/h3,5-6,11-12H,1,4,7-8H2,2H3. The molecule has 16 heavy (non-hydrogen) atoms. The fourth-order valence-corrected chi connectivity index (χ4v) is 2.03. The van der Waals surface area contributed by atoms with Crippen LogP contribution in [-0.2, 0) is 16.6 Å². The maximum absolute atomic E-state index is 11.6. The minimum atomic E-state index is -3.54. The van der Waals surface area contributed by atoms with Crippen LogP contribution in [0.4, 0.5) is 0 Å². The van der Waals surface area contributed by atoms with Crippen molar-refractivity contribution < 1.29 is 12.8 Å². The topological polar surface area (TPSA) is 71.3 Å². The van der Waals surface area contributed by atoms with E-state index < -0.39 is 10.0 Å². The van der Waals surface area contributed by atoms with E-state index in [2.05, 4.69) is 16.6 Å². The van der Waals surface area contributed by atoms with E-state index in [4.69, 9.17) is 4.42 Å². The lowest BCUT2D eigenvalue weighted by molar-refractivity contribution is 0.402. The Morgan fingerprint density at radius 3 is 2.88 bits per heavy atom. The van der Waals surface area contributed by atoms with E-state index in [1.54, 1.807) is 6.07 Å². The molecule has 0 unspecified atom stereocenters. The van der Waals surface area contributed by atoms with Crippen molar-refractivity contribution in [3.05, 3.63) is 30.5 Å². The average molecular weight is 244 g/mol. The molecule has 1 rings (SSSR count). The highest BCUT2D eigenvalue weighted by Gasteiger charge is 2.17. The number of nitrogens with one attached hydrogen (secondary N) is 2. The normalized spacial score (nSPS) is 11.6. The van der Waals surface area contributed by atoms with Crippen LogP contribution in [0.2, 0.25) is 0 Å². The highest BCUT2D eigenvalue weighted by atomic mass is 32.2. The lowest BCUT2D eigenvalue weighted by Gasteiger charge is -2.00. The van der Waals surface area contributed by atoms with Crippen LogP contribution in [0.15, 0.2) is 34.3 Å². The number of hydrogen-bond donors (Lipinski definition) is 2. The summed E-state index contributed by atoms with van der Waals surface area (Å²) in [6.07, 6.45) is 1.47.